The Labute approximate surface area is 143 Å². The van der Waals surface area contributed by atoms with Gasteiger partial charge in [0.15, 0.2) is 0 Å². The number of hydrogen-bond donors (Lipinski definition) is 2. The highest BCUT2D eigenvalue weighted by molar-refractivity contribution is 5.95. The van der Waals surface area contributed by atoms with Crippen molar-refractivity contribution < 1.29 is 9.53 Å². The van der Waals surface area contributed by atoms with Gasteiger partial charge in [-0.1, -0.05) is 0 Å². The molecule has 1 spiro atoms. The maximum Gasteiger partial charge on any atom is 0.228 e. The first-order chi connectivity index (χ1) is 10.8. The standard InChI is InChI=1S/C18H24N2O2.ClH/c21-17(16-11-18(16)7-9-19-10-8-18)20-14-3-5-15(6-4-14)22-12-13-1-2-13;/h3-6,13,16,19H,1-2,7-12H2,(H,20,21);1H. The molecule has 2 aliphatic carbocycles. The lowest BCUT2D eigenvalue weighted by atomic mass is 9.92. The predicted octanol–water partition coefficient (Wildman–Crippen LogP) is 3.23. The van der Waals surface area contributed by atoms with Gasteiger partial charge in [-0.15, -0.1) is 12.4 Å². The monoisotopic (exact) mass is 336 g/mol. The summed E-state index contributed by atoms with van der Waals surface area (Å²) in [6, 6.07) is 7.78. The minimum Gasteiger partial charge on any atom is -0.493 e. The van der Waals surface area contributed by atoms with Crippen LogP contribution in [-0.4, -0.2) is 25.6 Å². The molecule has 1 unspecified atom stereocenters. The maximum atomic E-state index is 12.4. The van der Waals surface area contributed by atoms with E-state index in [-0.39, 0.29) is 24.2 Å². The minimum atomic E-state index is 0. The summed E-state index contributed by atoms with van der Waals surface area (Å²) in [5.41, 5.74) is 1.17. The Kier molecular flexibility index (Phi) is 4.83. The molecule has 1 saturated heterocycles. The lowest BCUT2D eigenvalue weighted by Crippen LogP contribution is -2.31. The summed E-state index contributed by atoms with van der Waals surface area (Å²) in [5, 5.41) is 6.44. The highest BCUT2D eigenvalue weighted by Gasteiger charge is 2.57. The summed E-state index contributed by atoms with van der Waals surface area (Å²) >= 11 is 0. The number of halogens is 1. The van der Waals surface area contributed by atoms with Crippen LogP contribution in [-0.2, 0) is 4.79 Å². The molecule has 0 bridgehead atoms. The molecule has 1 atom stereocenters. The number of amides is 1. The number of ether oxygens (including phenoxy) is 1. The second-order valence-corrected chi connectivity index (χ2v) is 7.14. The molecule has 5 heteroatoms. The molecule has 4 nitrogen and oxygen atoms in total. The fourth-order valence-electron chi connectivity index (χ4n) is 3.56. The predicted molar refractivity (Wildman–Crippen MR) is 93.2 cm³/mol. The molecule has 1 amide bonds. The van der Waals surface area contributed by atoms with Gasteiger partial charge in [-0.05, 0) is 80.8 Å². The van der Waals surface area contributed by atoms with Gasteiger partial charge in [0.25, 0.3) is 0 Å². The van der Waals surface area contributed by atoms with Crippen molar-refractivity contribution in [2.75, 3.05) is 25.0 Å². The van der Waals surface area contributed by atoms with Gasteiger partial charge >= 0.3 is 0 Å². The normalized spacial score (nSPS) is 24.6. The van der Waals surface area contributed by atoms with Crippen molar-refractivity contribution in [2.45, 2.75) is 32.1 Å². The van der Waals surface area contributed by atoms with E-state index in [1.54, 1.807) is 0 Å². The van der Waals surface area contributed by atoms with Gasteiger partial charge in [0.05, 0.1) is 6.61 Å². The van der Waals surface area contributed by atoms with E-state index in [0.29, 0.717) is 5.41 Å². The first-order valence-corrected chi connectivity index (χ1v) is 8.50. The van der Waals surface area contributed by atoms with Crippen LogP contribution in [0.15, 0.2) is 24.3 Å². The zero-order chi connectivity index (χ0) is 15.0. The first kappa shape index (κ1) is 16.6. The summed E-state index contributed by atoms with van der Waals surface area (Å²) in [5.74, 6) is 2.05. The summed E-state index contributed by atoms with van der Waals surface area (Å²) in [6.07, 6.45) is 5.93. The van der Waals surface area contributed by atoms with Crippen molar-refractivity contribution in [1.29, 1.82) is 0 Å². The third-order valence-electron chi connectivity index (χ3n) is 5.41. The van der Waals surface area contributed by atoms with Crippen molar-refractivity contribution in [3.63, 3.8) is 0 Å². The number of nitrogens with one attached hydrogen (secondary N) is 2. The summed E-state index contributed by atoms with van der Waals surface area (Å²) in [6.45, 7) is 2.93. The molecule has 1 aliphatic heterocycles. The lowest BCUT2D eigenvalue weighted by molar-refractivity contribution is -0.118. The molecule has 1 aromatic carbocycles. The maximum absolute atomic E-state index is 12.4. The van der Waals surface area contributed by atoms with E-state index in [9.17, 15) is 4.79 Å². The van der Waals surface area contributed by atoms with Crippen molar-refractivity contribution >= 4 is 24.0 Å². The van der Waals surface area contributed by atoms with Gasteiger partial charge < -0.3 is 15.4 Å². The van der Waals surface area contributed by atoms with Gasteiger partial charge in [-0.2, -0.15) is 0 Å². The molecular weight excluding hydrogens is 312 g/mol. The van der Waals surface area contributed by atoms with Gasteiger partial charge in [0, 0.05) is 11.6 Å². The molecule has 0 radical (unpaired) electrons. The number of carbonyl (C=O) groups is 1. The van der Waals surface area contributed by atoms with E-state index in [1.165, 1.54) is 12.8 Å². The lowest BCUT2D eigenvalue weighted by Gasteiger charge is -2.23. The van der Waals surface area contributed by atoms with E-state index in [4.69, 9.17) is 4.74 Å². The number of carbonyl (C=O) groups excluding carboxylic acids is 1. The van der Waals surface area contributed by atoms with E-state index < -0.39 is 0 Å². The van der Waals surface area contributed by atoms with Crippen molar-refractivity contribution in [3.8, 4) is 5.75 Å². The number of benzene rings is 1. The SMILES string of the molecule is Cl.O=C(Nc1ccc(OCC2CC2)cc1)C1CC12CCNCC2. The third kappa shape index (κ3) is 3.81. The van der Waals surface area contributed by atoms with Crippen LogP contribution in [0.25, 0.3) is 0 Å². The Balaban J connectivity index is 0.00000156. The molecule has 3 fully saturated rings. The second kappa shape index (κ2) is 6.70. The number of piperidine rings is 1. The smallest absolute Gasteiger partial charge is 0.228 e. The van der Waals surface area contributed by atoms with Crippen molar-refractivity contribution in [3.05, 3.63) is 24.3 Å². The van der Waals surface area contributed by atoms with Crippen LogP contribution in [0.1, 0.15) is 32.1 Å². The fourth-order valence-corrected chi connectivity index (χ4v) is 3.56. The van der Waals surface area contributed by atoms with Crippen LogP contribution >= 0.6 is 12.4 Å². The Morgan fingerprint density at radius 2 is 1.91 bits per heavy atom. The Bertz CT molecular complexity index is 551. The number of rotatable bonds is 5. The molecule has 2 N–H and O–H groups in total. The van der Waals surface area contributed by atoms with E-state index in [1.807, 2.05) is 24.3 Å². The molecule has 23 heavy (non-hydrogen) atoms. The van der Waals surface area contributed by atoms with Crippen LogP contribution in [0, 0.1) is 17.3 Å². The second-order valence-electron chi connectivity index (χ2n) is 7.14. The molecule has 2 saturated carbocycles. The van der Waals surface area contributed by atoms with Gasteiger partial charge in [0.1, 0.15) is 5.75 Å². The van der Waals surface area contributed by atoms with Crippen LogP contribution in [0.5, 0.6) is 5.75 Å². The van der Waals surface area contributed by atoms with Crippen LogP contribution in [0.3, 0.4) is 0 Å². The highest BCUT2D eigenvalue weighted by Crippen LogP contribution is 2.58. The van der Waals surface area contributed by atoms with Crippen molar-refractivity contribution in [2.24, 2.45) is 17.3 Å². The average Bonchev–Trinajstić information content (AvgIpc) is 3.45. The number of anilines is 1. The number of hydrogen-bond acceptors (Lipinski definition) is 3. The molecule has 4 rings (SSSR count). The Morgan fingerprint density at radius 1 is 1.22 bits per heavy atom. The van der Waals surface area contributed by atoms with E-state index in [0.717, 1.165) is 56.3 Å². The van der Waals surface area contributed by atoms with Gasteiger partial charge in [-0.3, -0.25) is 4.79 Å². The largest absolute Gasteiger partial charge is 0.493 e. The first-order valence-electron chi connectivity index (χ1n) is 8.50. The average molecular weight is 337 g/mol. The molecular formula is C18H25ClN2O2. The quantitative estimate of drug-likeness (QED) is 0.868. The van der Waals surface area contributed by atoms with Crippen molar-refractivity contribution in [1.82, 2.24) is 5.32 Å². The third-order valence-corrected chi connectivity index (χ3v) is 5.41. The Morgan fingerprint density at radius 3 is 2.57 bits per heavy atom. The zero-order valence-electron chi connectivity index (χ0n) is 13.3. The highest BCUT2D eigenvalue weighted by atomic mass is 35.5. The molecule has 3 aliphatic rings. The summed E-state index contributed by atoms with van der Waals surface area (Å²) in [4.78, 5) is 12.4. The summed E-state index contributed by atoms with van der Waals surface area (Å²) in [7, 11) is 0. The summed E-state index contributed by atoms with van der Waals surface area (Å²) < 4.78 is 5.72. The minimum absolute atomic E-state index is 0. The van der Waals surface area contributed by atoms with E-state index >= 15 is 0 Å². The molecule has 1 heterocycles. The van der Waals surface area contributed by atoms with Crippen LogP contribution < -0.4 is 15.4 Å². The van der Waals surface area contributed by atoms with E-state index in [2.05, 4.69) is 10.6 Å². The topological polar surface area (TPSA) is 50.4 Å². The Hall–Kier alpha value is -1.26. The zero-order valence-corrected chi connectivity index (χ0v) is 14.2. The van der Waals surface area contributed by atoms with Crippen LogP contribution in [0.2, 0.25) is 0 Å². The van der Waals surface area contributed by atoms with Gasteiger partial charge in [0.2, 0.25) is 5.91 Å². The fraction of sp³-hybridized carbons (Fsp3) is 0.611. The van der Waals surface area contributed by atoms with Gasteiger partial charge in [-0.25, -0.2) is 0 Å². The molecule has 126 valence electrons. The molecule has 1 aromatic rings. The molecule has 0 aromatic heterocycles. The van der Waals surface area contributed by atoms with Crippen LogP contribution in [0.4, 0.5) is 5.69 Å².